The molecule has 0 bridgehead atoms. The zero-order chi connectivity index (χ0) is 14.8. The van der Waals surface area contributed by atoms with Crippen molar-refractivity contribution in [3.05, 3.63) is 35.5 Å². The maximum atomic E-state index is 5.00. The van der Waals surface area contributed by atoms with Gasteiger partial charge in [0.25, 0.3) is 0 Å². The van der Waals surface area contributed by atoms with E-state index in [1.165, 1.54) is 0 Å². The number of nitrogens with one attached hydrogen (secondary N) is 2. The minimum Gasteiger partial charge on any atom is -0.360 e. The first kappa shape index (κ1) is 13.1. The quantitative estimate of drug-likeness (QED) is 0.754. The fourth-order valence-corrected chi connectivity index (χ4v) is 1.81. The van der Waals surface area contributed by atoms with Crippen molar-refractivity contribution >= 4 is 23.3 Å². The van der Waals surface area contributed by atoms with Gasteiger partial charge in [0.15, 0.2) is 11.6 Å². The van der Waals surface area contributed by atoms with Crippen molar-refractivity contribution in [1.82, 2.24) is 20.3 Å². The summed E-state index contributed by atoms with van der Waals surface area (Å²) in [4.78, 5) is 8.59. The maximum absolute atomic E-state index is 5.00. The Hall–Kier alpha value is -2.90. The van der Waals surface area contributed by atoms with E-state index in [1.54, 1.807) is 25.1 Å². The molecule has 0 radical (unpaired) electrons. The Labute approximate surface area is 120 Å². The minimum atomic E-state index is 0.592. The van der Waals surface area contributed by atoms with Gasteiger partial charge in [0.1, 0.15) is 29.0 Å². The molecule has 108 valence electrons. The molecular formula is C13H14N6O2. The summed E-state index contributed by atoms with van der Waals surface area (Å²) >= 11 is 0. The Balaban J connectivity index is 1.82. The highest BCUT2D eigenvalue weighted by atomic mass is 16.5. The van der Waals surface area contributed by atoms with Gasteiger partial charge < -0.3 is 19.7 Å². The second-order valence-electron chi connectivity index (χ2n) is 4.58. The molecule has 0 saturated heterocycles. The third-order valence-corrected chi connectivity index (χ3v) is 2.61. The Morgan fingerprint density at radius 3 is 1.57 bits per heavy atom. The van der Waals surface area contributed by atoms with Crippen LogP contribution in [0.2, 0.25) is 0 Å². The van der Waals surface area contributed by atoms with Gasteiger partial charge >= 0.3 is 0 Å². The number of anilines is 4. The Morgan fingerprint density at radius 2 is 1.19 bits per heavy atom. The van der Waals surface area contributed by atoms with Gasteiger partial charge in [0.2, 0.25) is 0 Å². The number of aryl methyl sites for hydroxylation is 3. The van der Waals surface area contributed by atoms with Gasteiger partial charge in [0.05, 0.1) is 0 Å². The van der Waals surface area contributed by atoms with E-state index in [0.29, 0.717) is 29.1 Å². The number of hydrogen-bond acceptors (Lipinski definition) is 8. The van der Waals surface area contributed by atoms with Gasteiger partial charge in [-0.2, -0.15) is 0 Å². The molecule has 3 aromatic rings. The summed E-state index contributed by atoms with van der Waals surface area (Å²) in [6, 6.07) is 5.32. The molecule has 3 rings (SSSR count). The number of nitrogens with zero attached hydrogens (tertiary/aromatic N) is 4. The van der Waals surface area contributed by atoms with Crippen LogP contribution in [0, 0.1) is 20.8 Å². The Kier molecular flexibility index (Phi) is 3.27. The SMILES string of the molecule is Cc1nc(Nc2cc(C)on2)cc(Nc2cc(C)on2)n1. The molecule has 0 unspecified atom stereocenters. The predicted octanol–water partition coefficient (Wildman–Crippen LogP) is 2.87. The van der Waals surface area contributed by atoms with Gasteiger partial charge in [-0.1, -0.05) is 10.3 Å². The van der Waals surface area contributed by atoms with E-state index in [4.69, 9.17) is 9.05 Å². The smallest absolute Gasteiger partial charge is 0.175 e. The van der Waals surface area contributed by atoms with Crippen molar-refractivity contribution in [3.8, 4) is 0 Å². The summed E-state index contributed by atoms with van der Waals surface area (Å²) in [7, 11) is 0. The van der Waals surface area contributed by atoms with E-state index in [2.05, 4.69) is 30.9 Å². The van der Waals surface area contributed by atoms with Crippen LogP contribution in [-0.2, 0) is 0 Å². The van der Waals surface area contributed by atoms with Crippen LogP contribution < -0.4 is 10.6 Å². The average molecular weight is 286 g/mol. The van der Waals surface area contributed by atoms with Gasteiger partial charge in [-0.15, -0.1) is 0 Å². The Morgan fingerprint density at radius 1 is 0.714 bits per heavy atom. The predicted molar refractivity (Wildman–Crippen MR) is 75.8 cm³/mol. The third-order valence-electron chi connectivity index (χ3n) is 2.61. The monoisotopic (exact) mass is 286 g/mol. The second kappa shape index (κ2) is 5.23. The molecule has 0 aliphatic rings. The lowest BCUT2D eigenvalue weighted by Gasteiger charge is -2.06. The molecule has 0 aliphatic heterocycles. The van der Waals surface area contributed by atoms with Crippen molar-refractivity contribution in [2.45, 2.75) is 20.8 Å². The van der Waals surface area contributed by atoms with E-state index in [9.17, 15) is 0 Å². The molecule has 0 aliphatic carbocycles. The standard InChI is InChI=1S/C13H14N6O2/c1-7-4-12(18-20-7)16-10-6-11(15-9(3)14-10)17-13-5-8(2)21-19-13/h4-6H,1-3H3,(H2,14,15,16,17,18,19). The summed E-state index contributed by atoms with van der Waals surface area (Å²) in [5.74, 6) is 4.46. The molecule has 0 amide bonds. The third kappa shape index (κ3) is 3.16. The number of rotatable bonds is 4. The zero-order valence-electron chi connectivity index (χ0n) is 11.8. The van der Waals surface area contributed by atoms with Crippen LogP contribution in [0.15, 0.2) is 27.2 Å². The normalized spacial score (nSPS) is 10.6. The molecule has 0 saturated carbocycles. The van der Waals surface area contributed by atoms with Gasteiger partial charge in [0, 0.05) is 18.2 Å². The van der Waals surface area contributed by atoms with Crippen molar-refractivity contribution in [3.63, 3.8) is 0 Å². The highest BCUT2D eigenvalue weighted by molar-refractivity contribution is 5.59. The Bertz CT molecular complexity index is 703. The number of aromatic nitrogens is 4. The lowest BCUT2D eigenvalue weighted by Crippen LogP contribution is -2.01. The van der Waals surface area contributed by atoms with E-state index in [0.717, 1.165) is 11.5 Å². The average Bonchev–Trinajstić information content (AvgIpc) is 2.98. The van der Waals surface area contributed by atoms with E-state index >= 15 is 0 Å². The van der Waals surface area contributed by atoms with Crippen molar-refractivity contribution in [2.24, 2.45) is 0 Å². The second-order valence-corrected chi connectivity index (χ2v) is 4.58. The molecule has 21 heavy (non-hydrogen) atoms. The van der Waals surface area contributed by atoms with Gasteiger partial charge in [-0.3, -0.25) is 0 Å². The topological polar surface area (TPSA) is 102 Å². The van der Waals surface area contributed by atoms with Crippen LogP contribution in [0.25, 0.3) is 0 Å². The van der Waals surface area contributed by atoms with Gasteiger partial charge in [-0.05, 0) is 20.8 Å². The van der Waals surface area contributed by atoms with Crippen LogP contribution >= 0.6 is 0 Å². The van der Waals surface area contributed by atoms with Crippen molar-refractivity contribution in [1.29, 1.82) is 0 Å². The summed E-state index contributed by atoms with van der Waals surface area (Å²) in [5, 5.41) is 13.8. The molecule has 0 atom stereocenters. The molecule has 8 heteroatoms. The summed E-state index contributed by atoms with van der Waals surface area (Å²) < 4.78 is 10.0. The highest BCUT2D eigenvalue weighted by Gasteiger charge is 2.07. The minimum absolute atomic E-state index is 0.592. The van der Waals surface area contributed by atoms with Crippen molar-refractivity contribution in [2.75, 3.05) is 10.6 Å². The van der Waals surface area contributed by atoms with Crippen LogP contribution in [0.5, 0.6) is 0 Å². The number of hydrogen-bond donors (Lipinski definition) is 2. The molecule has 2 N–H and O–H groups in total. The molecule has 8 nitrogen and oxygen atoms in total. The summed E-state index contributed by atoms with van der Waals surface area (Å²) in [6.45, 7) is 5.45. The van der Waals surface area contributed by atoms with Crippen LogP contribution in [-0.4, -0.2) is 20.3 Å². The maximum Gasteiger partial charge on any atom is 0.175 e. The van der Waals surface area contributed by atoms with Crippen LogP contribution in [0.1, 0.15) is 17.3 Å². The fourth-order valence-electron chi connectivity index (χ4n) is 1.81. The molecule has 0 fully saturated rings. The molecule has 0 aromatic carbocycles. The lowest BCUT2D eigenvalue weighted by atomic mass is 10.4. The first-order valence-corrected chi connectivity index (χ1v) is 6.35. The molecular weight excluding hydrogens is 272 g/mol. The van der Waals surface area contributed by atoms with E-state index < -0.39 is 0 Å². The first-order chi connectivity index (χ1) is 10.1. The first-order valence-electron chi connectivity index (χ1n) is 6.35. The van der Waals surface area contributed by atoms with E-state index in [-0.39, 0.29) is 0 Å². The fraction of sp³-hybridized carbons (Fsp3) is 0.231. The van der Waals surface area contributed by atoms with Gasteiger partial charge in [-0.25, -0.2) is 9.97 Å². The van der Waals surface area contributed by atoms with Crippen molar-refractivity contribution < 1.29 is 9.05 Å². The molecule has 3 heterocycles. The largest absolute Gasteiger partial charge is 0.360 e. The molecule has 0 spiro atoms. The zero-order valence-corrected chi connectivity index (χ0v) is 11.8. The van der Waals surface area contributed by atoms with Crippen LogP contribution in [0.3, 0.4) is 0 Å². The van der Waals surface area contributed by atoms with Crippen LogP contribution in [0.4, 0.5) is 23.3 Å². The molecule has 3 aromatic heterocycles. The lowest BCUT2D eigenvalue weighted by molar-refractivity contribution is 0.400. The summed E-state index contributed by atoms with van der Waals surface area (Å²) in [6.07, 6.45) is 0. The highest BCUT2D eigenvalue weighted by Crippen LogP contribution is 2.20. The summed E-state index contributed by atoms with van der Waals surface area (Å²) in [5.41, 5.74) is 0. The van der Waals surface area contributed by atoms with E-state index in [1.807, 2.05) is 13.8 Å².